The van der Waals surface area contributed by atoms with Crippen molar-refractivity contribution in [2.24, 2.45) is 0 Å². The summed E-state index contributed by atoms with van der Waals surface area (Å²) in [5.74, 6) is 0.956. The predicted octanol–water partition coefficient (Wildman–Crippen LogP) is 2.83. The van der Waals surface area contributed by atoms with Crippen LogP contribution in [0.25, 0.3) is 0 Å². The SMILES string of the molecule is CCOc1ccc(C(C)NC2CCN(C)CC2)cc1. The average Bonchev–Trinajstić information content (AvgIpc) is 2.42. The van der Waals surface area contributed by atoms with Crippen LogP contribution in [0.5, 0.6) is 5.75 Å². The zero-order chi connectivity index (χ0) is 13.7. The molecule has 0 spiro atoms. The molecule has 3 heteroatoms. The van der Waals surface area contributed by atoms with E-state index in [-0.39, 0.29) is 0 Å². The Labute approximate surface area is 116 Å². The maximum atomic E-state index is 5.48. The average molecular weight is 262 g/mol. The number of ether oxygens (including phenoxy) is 1. The Bertz CT molecular complexity index is 369. The van der Waals surface area contributed by atoms with E-state index in [2.05, 4.69) is 48.5 Å². The molecule has 1 atom stereocenters. The van der Waals surface area contributed by atoms with Crippen molar-refractivity contribution in [2.75, 3.05) is 26.7 Å². The Morgan fingerprint density at radius 2 is 1.89 bits per heavy atom. The molecule has 1 saturated heterocycles. The monoisotopic (exact) mass is 262 g/mol. The summed E-state index contributed by atoms with van der Waals surface area (Å²) in [7, 11) is 2.20. The Hall–Kier alpha value is -1.06. The van der Waals surface area contributed by atoms with Crippen molar-refractivity contribution in [3.63, 3.8) is 0 Å². The van der Waals surface area contributed by atoms with Crippen LogP contribution in [0.4, 0.5) is 0 Å². The first-order chi connectivity index (χ1) is 9.19. The zero-order valence-electron chi connectivity index (χ0n) is 12.4. The van der Waals surface area contributed by atoms with Crippen LogP contribution >= 0.6 is 0 Å². The Morgan fingerprint density at radius 1 is 1.26 bits per heavy atom. The summed E-state index contributed by atoms with van der Waals surface area (Å²) in [5.41, 5.74) is 1.34. The van der Waals surface area contributed by atoms with Crippen LogP contribution < -0.4 is 10.1 Å². The number of nitrogens with one attached hydrogen (secondary N) is 1. The highest BCUT2D eigenvalue weighted by Crippen LogP contribution is 2.20. The first-order valence-electron chi connectivity index (χ1n) is 7.36. The van der Waals surface area contributed by atoms with Crippen LogP contribution in [-0.2, 0) is 0 Å². The second-order valence-electron chi connectivity index (χ2n) is 5.47. The minimum atomic E-state index is 0.407. The molecule has 1 fully saturated rings. The van der Waals surface area contributed by atoms with Gasteiger partial charge in [0.05, 0.1) is 6.61 Å². The number of rotatable bonds is 5. The lowest BCUT2D eigenvalue weighted by Crippen LogP contribution is -2.41. The highest BCUT2D eigenvalue weighted by atomic mass is 16.5. The van der Waals surface area contributed by atoms with Gasteiger partial charge in [-0.1, -0.05) is 12.1 Å². The lowest BCUT2D eigenvalue weighted by Gasteiger charge is -2.31. The number of piperidine rings is 1. The minimum absolute atomic E-state index is 0.407. The van der Waals surface area contributed by atoms with Gasteiger partial charge in [0.2, 0.25) is 0 Å². The van der Waals surface area contributed by atoms with Gasteiger partial charge in [-0.25, -0.2) is 0 Å². The molecular weight excluding hydrogens is 236 g/mol. The van der Waals surface area contributed by atoms with E-state index in [4.69, 9.17) is 4.74 Å². The fraction of sp³-hybridized carbons (Fsp3) is 0.625. The van der Waals surface area contributed by atoms with Gasteiger partial charge in [-0.2, -0.15) is 0 Å². The molecule has 1 N–H and O–H groups in total. The first-order valence-corrected chi connectivity index (χ1v) is 7.36. The third kappa shape index (κ3) is 4.22. The normalized spacial score (nSPS) is 19.3. The summed E-state index contributed by atoms with van der Waals surface area (Å²) in [6.07, 6.45) is 2.50. The molecule has 1 aromatic rings. The van der Waals surface area contributed by atoms with Crippen LogP contribution in [0.3, 0.4) is 0 Å². The van der Waals surface area contributed by atoms with Crippen LogP contribution in [0.15, 0.2) is 24.3 Å². The Morgan fingerprint density at radius 3 is 2.47 bits per heavy atom. The fourth-order valence-electron chi connectivity index (χ4n) is 2.64. The van der Waals surface area contributed by atoms with Gasteiger partial charge in [0, 0.05) is 12.1 Å². The van der Waals surface area contributed by atoms with E-state index in [1.165, 1.54) is 31.5 Å². The van der Waals surface area contributed by atoms with E-state index in [1.807, 2.05) is 6.92 Å². The molecule has 1 aliphatic heterocycles. The highest BCUT2D eigenvalue weighted by Gasteiger charge is 2.18. The van der Waals surface area contributed by atoms with Crippen molar-refractivity contribution in [1.29, 1.82) is 0 Å². The van der Waals surface area contributed by atoms with Gasteiger partial charge >= 0.3 is 0 Å². The van der Waals surface area contributed by atoms with Gasteiger partial charge in [-0.3, -0.25) is 0 Å². The number of likely N-dealkylation sites (tertiary alicyclic amines) is 1. The molecule has 1 aromatic carbocycles. The van der Waals surface area contributed by atoms with E-state index in [1.54, 1.807) is 0 Å². The van der Waals surface area contributed by atoms with Crippen molar-refractivity contribution in [3.05, 3.63) is 29.8 Å². The standard InChI is InChI=1S/C16H26N2O/c1-4-19-16-7-5-14(6-8-16)13(2)17-15-9-11-18(3)12-10-15/h5-8,13,15,17H,4,9-12H2,1-3H3. The number of hydrogen-bond acceptors (Lipinski definition) is 3. The molecule has 2 rings (SSSR count). The maximum Gasteiger partial charge on any atom is 0.119 e. The summed E-state index contributed by atoms with van der Waals surface area (Å²) in [6, 6.07) is 9.51. The van der Waals surface area contributed by atoms with Crippen LogP contribution in [0.1, 0.15) is 38.3 Å². The lowest BCUT2D eigenvalue weighted by atomic mass is 10.0. The van der Waals surface area contributed by atoms with Gasteiger partial charge in [0.25, 0.3) is 0 Å². The summed E-state index contributed by atoms with van der Waals surface area (Å²) in [6.45, 7) is 7.39. The lowest BCUT2D eigenvalue weighted by molar-refractivity contribution is 0.226. The van der Waals surface area contributed by atoms with Crippen molar-refractivity contribution in [3.8, 4) is 5.75 Å². The quantitative estimate of drug-likeness (QED) is 0.883. The van der Waals surface area contributed by atoms with Crippen molar-refractivity contribution >= 4 is 0 Å². The summed E-state index contributed by atoms with van der Waals surface area (Å²) >= 11 is 0. The second-order valence-corrected chi connectivity index (χ2v) is 5.47. The molecule has 1 aliphatic rings. The van der Waals surface area contributed by atoms with E-state index >= 15 is 0 Å². The predicted molar refractivity (Wildman–Crippen MR) is 79.7 cm³/mol. The van der Waals surface area contributed by atoms with E-state index < -0.39 is 0 Å². The Balaban J connectivity index is 1.86. The fourth-order valence-corrected chi connectivity index (χ4v) is 2.64. The second kappa shape index (κ2) is 6.92. The smallest absolute Gasteiger partial charge is 0.119 e. The maximum absolute atomic E-state index is 5.48. The largest absolute Gasteiger partial charge is 0.494 e. The molecule has 0 saturated carbocycles. The number of nitrogens with zero attached hydrogens (tertiary/aromatic N) is 1. The van der Waals surface area contributed by atoms with Gasteiger partial charge < -0.3 is 15.0 Å². The Kier molecular flexibility index (Phi) is 5.23. The number of benzene rings is 1. The van der Waals surface area contributed by atoms with Gasteiger partial charge in [-0.05, 0) is 64.5 Å². The molecule has 0 bridgehead atoms. The molecule has 19 heavy (non-hydrogen) atoms. The topological polar surface area (TPSA) is 24.5 Å². The van der Waals surface area contributed by atoms with Crippen molar-refractivity contribution < 1.29 is 4.74 Å². The molecule has 1 unspecified atom stereocenters. The third-order valence-corrected chi connectivity index (χ3v) is 3.90. The van der Waals surface area contributed by atoms with Crippen LogP contribution in [-0.4, -0.2) is 37.7 Å². The third-order valence-electron chi connectivity index (χ3n) is 3.90. The molecular formula is C16H26N2O. The summed E-state index contributed by atoms with van der Waals surface area (Å²) in [4.78, 5) is 2.40. The van der Waals surface area contributed by atoms with Crippen LogP contribution in [0.2, 0.25) is 0 Å². The molecule has 1 heterocycles. The van der Waals surface area contributed by atoms with E-state index in [0.717, 1.165) is 12.4 Å². The molecule has 3 nitrogen and oxygen atoms in total. The van der Waals surface area contributed by atoms with Gasteiger partial charge in [-0.15, -0.1) is 0 Å². The molecule has 0 radical (unpaired) electrons. The molecule has 0 amide bonds. The summed E-state index contributed by atoms with van der Waals surface area (Å²) in [5, 5.41) is 3.74. The summed E-state index contributed by atoms with van der Waals surface area (Å²) < 4.78 is 5.48. The number of hydrogen-bond donors (Lipinski definition) is 1. The zero-order valence-corrected chi connectivity index (χ0v) is 12.4. The minimum Gasteiger partial charge on any atom is -0.494 e. The first kappa shape index (κ1) is 14.4. The van der Waals surface area contributed by atoms with E-state index in [0.29, 0.717) is 12.1 Å². The highest BCUT2D eigenvalue weighted by molar-refractivity contribution is 5.29. The van der Waals surface area contributed by atoms with Crippen molar-refractivity contribution in [1.82, 2.24) is 10.2 Å². The van der Waals surface area contributed by atoms with Crippen LogP contribution in [0, 0.1) is 0 Å². The van der Waals surface area contributed by atoms with Gasteiger partial charge in [0.1, 0.15) is 5.75 Å². The van der Waals surface area contributed by atoms with E-state index in [9.17, 15) is 0 Å². The molecule has 0 aliphatic carbocycles. The molecule has 0 aromatic heterocycles. The van der Waals surface area contributed by atoms with Crippen molar-refractivity contribution in [2.45, 2.75) is 38.8 Å². The van der Waals surface area contributed by atoms with Gasteiger partial charge in [0.15, 0.2) is 0 Å². The molecule has 106 valence electrons.